The predicted molar refractivity (Wildman–Crippen MR) is 70.1 cm³/mol. The highest BCUT2D eigenvalue weighted by atomic mass is 35.5. The summed E-state index contributed by atoms with van der Waals surface area (Å²) in [5.41, 5.74) is 1.55. The predicted octanol–water partition coefficient (Wildman–Crippen LogP) is 4.52. The Morgan fingerprint density at radius 2 is 1.76 bits per heavy atom. The van der Waals surface area contributed by atoms with Gasteiger partial charge in [-0.05, 0) is 18.2 Å². The fraction of sp³-hybridized carbons (Fsp3) is 0. The standard InChI is InChI=1S/C12H6Cl3NO/c13-9-2-1-3-10(14)11(9)8-4-7(6-17)5-16-12(8)15/h1-6H. The van der Waals surface area contributed by atoms with Gasteiger partial charge in [0.15, 0.2) is 6.29 Å². The van der Waals surface area contributed by atoms with Gasteiger partial charge in [-0.2, -0.15) is 0 Å². The van der Waals surface area contributed by atoms with Crippen LogP contribution in [0.25, 0.3) is 11.1 Å². The van der Waals surface area contributed by atoms with Crippen molar-refractivity contribution in [3.8, 4) is 11.1 Å². The number of carbonyl (C=O) groups excluding carboxylic acids is 1. The lowest BCUT2D eigenvalue weighted by molar-refractivity contribution is 0.112. The van der Waals surface area contributed by atoms with E-state index in [1.165, 1.54) is 6.20 Å². The first-order valence-electron chi connectivity index (χ1n) is 4.68. The third-order valence-electron chi connectivity index (χ3n) is 2.23. The average molecular weight is 287 g/mol. The first kappa shape index (κ1) is 12.4. The van der Waals surface area contributed by atoms with Crippen LogP contribution in [0.2, 0.25) is 15.2 Å². The summed E-state index contributed by atoms with van der Waals surface area (Å²) in [5, 5.41) is 1.18. The Kier molecular flexibility index (Phi) is 3.67. The molecule has 0 spiro atoms. The smallest absolute Gasteiger partial charge is 0.151 e. The van der Waals surface area contributed by atoms with Crippen molar-refractivity contribution in [3.05, 3.63) is 51.2 Å². The van der Waals surface area contributed by atoms with Gasteiger partial charge in [0, 0.05) is 22.9 Å². The zero-order chi connectivity index (χ0) is 12.4. The summed E-state index contributed by atoms with van der Waals surface area (Å²) in [6, 6.07) is 6.74. The Labute approximate surface area is 113 Å². The second-order valence-corrected chi connectivity index (χ2v) is 4.49. The van der Waals surface area contributed by atoms with Gasteiger partial charge in [0.2, 0.25) is 0 Å². The molecule has 1 aromatic heterocycles. The van der Waals surface area contributed by atoms with E-state index in [4.69, 9.17) is 34.8 Å². The van der Waals surface area contributed by atoms with E-state index in [1.807, 2.05) is 0 Å². The lowest BCUT2D eigenvalue weighted by atomic mass is 10.1. The van der Waals surface area contributed by atoms with Crippen LogP contribution in [0.1, 0.15) is 10.4 Å². The Balaban J connectivity index is 2.71. The molecule has 0 aliphatic carbocycles. The second kappa shape index (κ2) is 5.05. The number of hydrogen-bond donors (Lipinski definition) is 0. The fourth-order valence-electron chi connectivity index (χ4n) is 1.46. The van der Waals surface area contributed by atoms with Crippen LogP contribution < -0.4 is 0 Å². The maximum Gasteiger partial charge on any atom is 0.151 e. The summed E-state index contributed by atoms with van der Waals surface area (Å²) in [4.78, 5) is 14.6. The zero-order valence-electron chi connectivity index (χ0n) is 8.45. The number of aromatic nitrogens is 1. The minimum absolute atomic E-state index is 0.255. The second-order valence-electron chi connectivity index (χ2n) is 3.32. The molecule has 0 aliphatic heterocycles. The lowest BCUT2D eigenvalue weighted by Crippen LogP contribution is -1.90. The van der Waals surface area contributed by atoms with Crippen molar-refractivity contribution in [3.63, 3.8) is 0 Å². The van der Waals surface area contributed by atoms with Gasteiger partial charge >= 0.3 is 0 Å². The molecule has 0 fully saturated rings. The molecule has 1 heterocycles. The average Bonchev–Trinajstić information content (AvgIpc) is 2.31. The first-order valence-corrected chi connectivity index (χ1v) is 5.82. The van der Waals surface area contributed by atoms with Crippen LogP contribution in [0.4, 0.5) is 0 Å². The molecular formula is C12H6Cl3NO. The molecule has 17 heavy (non-hydrogen) atoms. The van der Waals surface area contributed by atoms with Crippen molar-refractivity contribution in [1.29, 1.82) is 0 Å². The van der Waals surface area contributed by atoms with Gasteiger partial charge in [0.05, 0.1) is 10.0 Å². The molecule has 2 aromatic rings. The van der Waals surface area contributed by atoms with Gasteiger partial charge in [-0.25, -0.2) is 4.98 Å². The highest BCUT2D eigenvalue weighted by molar-refractivity contribution is 6.40. The molecule has 0 atom stereocenters. The summed E-state index contributed by atoms with van der Waals surface area (Å²) in [7, 11) is 0. The Bertz CT molecular complexity index is 564. The Hall–Kier alpha value is -1.09. The zero-order valence-corrected chi connectivity index (χ0v) is 10.7. The molecule has 0 saturated heterocycles. The quantitative estimate of drug-likeness (QED) is 0.600. The minimum atomic E-state index is 0.255. The van der Waals surface area contributed by atoms with E-state index >= 15 is 0 Å². The molecule has 1 aromatic carbocycles. The monoisotopic (exact) mass is 285 g/mol. The van der Waals surface area contributed by atoms with E-state index in [9.17, 15) is 4.79 Å². The molecule has 2 rings (SSSR count). The maximum atomic E-state index is 10.7. The molecule has 0 saturated carbocycles. The highest BCUT2D eigenvalue weighted by Crippen LogP contribution is 2.37. The van der Waals surface area contributed by atoms with Crippen molar-refractivity contribution >= 4 is 41.1 Å². The van der Waals surface area contributed by atoms with Gasteiger partial charge < -0.3 is 0 Å². The molecule has 0 bridgehead atoms. The van der Waals surface area contributed by atoms with Crippen molar-refractivity contribution in [2.45, 2.75) is 0 Å². The van der Waals surface area contributed by atoms with Crippen molar-refractivity contribution in [2.24, 2.45) is 0 Å². The van der Waals surface area contributed by atoms with Crippen molar-refractivity contribution in [1.82, 2.24) is 4.98 Å². The van der Waals surface area contributed by atoms with Crippen molar-refractivity contribution < 1.29 is 4.79 Å². The molecule has 0 radical (unpaired) electrons. The third kappa shape index (κ3) is 2.44. The van der Waals surface area contributed by atoms with Gasteiger partial charge in [0.25, 0.3) is 0 Å². The van der Waals surface area contributed by atoms with Crippen LogP contribution in [0, 0.1) is 0 Å². The third-order valence-corrected chi connectivity index (χ3v) is 3.16. The van der Waals surface area contributed by atoms with Crippen LogP contribution in [0.3, 0.4) is 0 Å². The van der Waals surface area contributed by atoms with E-state index in [2.05, 4.69) is 4.98 Å². The van der Waals surface area contributed by atoms with E-state index in [0.29, 0.717) is 33.0 Å². The van der Waals surface area contributed by atoms with Gasteiger partial charge in [-0.15, -0.1) is 0 Å². The fourth-order valence-corrected chi connectivity index (χ4v) is 2.26. The first-order chi connectivity index (χ1) is 8.13. The summed E-state index contributed by atoms with van der Waals surface area (Å²) >= 11 is 18.1. The molecule has 2 nitrogen and oxygen atoms in total. The number of aldehydes is 1. The maximum absolute atomic E-state index is 10.7. The Morgan fingerprint density at radius 1 is 1.12 bits per heavy atom. The van der Waals surface area contributed by atoms with Crippen LogP contribution >= 0.6 is 34.8 Å². The van der Waals surface area contributed by atoms with Gasteiger partial charge in [-0.3, -0.25) is 4.79 Å². The topological polar surface area (TPSA) is 30.0 Å². The van der Waals surface area contributed by atoms with E-state index in [-0.39, 0.29) is 5.15 Å². The number of nitrogens with zero attached hydrogens (tertiary/aromatic N) is 1. The summed E-state index contributed by atoms with van der Waals surface area (Å²) < 4.78 is 0. The lowest BCUT2D eigenvalue weighted by Gasteiger charge is -2.08. The van der Waals surface area contributed by atoms with Crippen LogP contribution in [-0.4, -0.2) is 11.3 Å². The van der Waals surface area contributed by atoms with E-state index < -0.39 is 0 Å². The SMILES string of the molecule is O=Cc1cnc(Cl)c(-c2c(Cl)cccc2Cl)c1. The number of hydrogen-bond acceptors (Lipinski definition) is 2. The summed E-state index contributed by atoms with van der Waals surface area (Å²) in [6.45, 7) is 0. The van der Waals surface area contributed by atoms with Crippen LogP contribution in [0.15, 0.2) is 30.5 Å². The van der Waals surface area contributed by atoms with E-state index in [0.717, 1.165) is 0 Å². The summed E-state index contributed by atoms with van der Waals surface area (Å²) in [6.07, 6.45) is 2.08. The van der Waals surface area contributed by atoms with Gasteiger partial charge in [0.1, 0.15) is 5.15 Å². The minimum Gasteiger partial charge on any atom is -0.298 e. The number of halogens is 3. The van der Waals surface area contributed by atoms with Crippen molar-refractivity contribution in [2.75, 3.05) is 0 Å². The number of pyridine rings is 1. The molecule has 0 unspecified atom stereocenters. The largest absolute Gasteiger partial charge is 0.298 e. The molecule has 0 aliphatic rings. The summed E-state index contributed by atoms with van der Waals surface area (Å²) in [5.74, 6) is 0. The normalized spacial score (nSPS) is 10.3. The van der Waals surface area contributed by atoms with Gasteiger partial charge in [-0.1, -0.05) is 40.9 Å². The van der Waals surface area contributed by atoms with Crippen LogP contribution in [-0.2, 0) is 0 Å². The highest BCUT2D eigenvalue weighted by Gasteiger charge is 2.13. The Morgan fingerprint density at radius 3 is 2.35 bits per heavy atom. The van der Waals surface area contributed by atoms with Crippen LogP contribution in [0.5, 0.6) is 0 Å². The molecule has 86 valence electrons. The number of carbonyl (C=O) groups is 1. The number of rotatable bonds is 2. The van der Waals surface area contributed by atoms with E-state index in [1.54, 1.807) is 24.3 Å². The number of benzene rings is 1. The molecule has 0 amide bonds. The molecular weight excluding hydrogens is 280 g/mol. The molecule has 0 N–H and O–H groups in total. The molecule has 5 heteroatoms.